The molecule has 0 saturated carbocycles. The van der Waals surface area contributed by atoms with Gasteiger partial charge in [0, 0.05) is 12.3 Å². The zero-order chi connectivity index (χ0) is 14.9. The summed E-state index contributed by atoms with van der Waals surface area (Å²) in [7, 11) is 0. The highest BCUT2D eigenvalue weighted by Crippen LogP contribution is 2.28. The van der Waals surface area contributed by atoms with Crippen molar-refractivity contribution in [3.05, 3.63) is 65.7 Å². The predicted octanol–water partition coefficient (Wildman–Crippen LogP) is 4.59. The molecule has 2 nitrogen and oxygen atoms in total. The van der Waals surface area contributed by atoms with Crippen molar-refractivity contribution in [1.29, 1.82) is 0 Å². The topological polar surface area (TPSA) is 26.3 Å². The molecule has 2 heteroatoms. The van der Waals surface area contributed by atoms with Crippen LogP contribution >= 0.6 is 0 Å². The van der Waals surface area contributed by atoms with E-state index in [4.69, 9.17) is 4.74 Å². The molecule has 0 amide bonds. The lowest BCUT2D eigenvalue weighted by Gasteiger charge is -2.16. The van der Waals surface area contributed by atoms with E-state index in [1.54, 1.807) is 0 Å². The number of hydrogen-bond donors (Lipinski definition) is 0. The van der Waals surface area contributed by atoms with Gasteiger partial charge in [0.15, 0.2) is 0 Å². The van der Waals surface area contributed by atoms with Crippen LogP contribution in [0.3, 0.4) is 0 Å². The maximum Gasteiger partial charge on any atom is 0.120 e. The minimum atomic E-state index is 0.119. The average molecular weight is 282 g/mol. The maximum atomic E-state index is 11.0. The first-order valence-electron chi connectivity index (χ1n) is 7.56. The van der Waals surface area contributed by atoms with Gasteiger partial charge in [-0.1, -0.05) is 55.8 Å². The molecule has 0 unspecified atom stereocenters. The van der Waals surface area contributed by atoms with E-state index in [-0.39, 0.29) is 5.92 Å². The number of carbonyl (C=O) groups is 1. The summed E-state index contributed by atoms with van der Waals surface area (Å²) in [6.07, 6.45) is 3.69. The van der Waals surface area contributed by atoms with Crippen LogP contribution in [-0.2, 0) is 4.79 Å². The Hall–Kier alpha value is -2.09. The summed E-state index contributed by atoms with van der Waals surface area (Å²) in [5, 5.41) is 0. The third kappa shape index (κ3) is 4.45. The Morgan fingerprint density at radius 1 is 1.00 bits per heavy atom. The van der Waals surface area contributed by atoms with Crippen molar-refractivity contribution in [2.24, 2.45) is 0 Å². The van der Waals surface area contributed by atoms with Gasteiger partial charge in [0.2, 0.25) is 0 Å². The molecule has 110 valence electrons. The van der Waals surface area contributed by atoms with Crippen LogP contribution in [0.15, 0.2) is 54.6 Å². The van der Waals surface area contributed by atoms with Crippen LogP contribution in [0.2, 0.25) is 0 Å². The molecule has 0 spiro atoms. The van der Waals surface area contributed by atoms with E-state index in [1.807, 2.05) is 30.3 Å². The zero-order valence-corrected chi connectivity index (χ0v) is 12.5. The molecule has 0 saturated heterocycles. The average Bonchev–Trinajstić information content (AvgIpc) is 2.54. The molecule has 0 heterocycles. The lowest BCUT2D eigenvalue weighted by atomic mass is 9.89. The molecule has 0 aliphatic heterocycles. The maximum absolute atomic E-state index is 11.0. The molecule has 0 N–H and O–H groups in total. The molecule has 0 radical (unpaired) electrons. The van der Waals surface area contributed by atoms with Gasteiger partial charge >= 0.3 is 0 Å². The van der Waals surface area contributed by atoms with E-state index in [9.17, 15) is 4.79 Å². The highest BCUT2D eigenvalue weighted by atomic mass is 16.5. The molecule has 21 heavy (non-hydrogen) atoms. The molecule has 0 bridgehead atoms. The van der Waals surface area contributed by atoms with E-state index in [0.717, 1.165) is 37.0 Å². The minimum absolute atomic E-state index is 0.119. The second-order valence-corrected chi connectivity index (χ2v) is 5.14. The molecule has 0 aliphatic carbocycles. The van der Waals surface area contributed by atoms with Crippen LogP contribution in [0.25, 0.3) is 0 Å². The van der Waals surface area contributed by atoms with Crippen molar-refractivity contribution in [3.63, 3.8) is 0 Å². The third-order valence-electron chi connectivity index (χ3n) is 3.58. The van der Waals surface area contributed by atoms with Crippen molar-refractivity contribution < 1.29 is 9.53 Å². The first kappa shape index (κ1) is 15.3. The van der Waals surface area contributed by atoms with E-state index in [2.05, 4.69) is 31.2 Å². The minimum Gasteiger partial charge on any atom is -0.494 e. The summed E-state index contributed by atoms with van der Waals surface area (Å²) in [6, 6.07) is 18.2. The van der Waals surface area contributed by atoms with Gasteiger partial charge in [-0.15, -0.1) is 0 Å². The van der Waals surface area contributed by atoms with Gasteiger partial charge in [0.05, 0.1) is 6.61 Å². The number of unbranched alkanes of at least 4 members (excludes halogenated alkanes) is 1. The van der Waals surface area contributed by atoms with Gasteiger partial charge < -0.3 is 9.53 Å². The van der Waals surface area contributed by atoms with Crippen LogP contribution in [0.5, 0.6) is 5.75 Å². The summed E-state index contributed by atoms with van der Waals surface area (Å²) in [4.78, 5) is 11.0. The Balaban J connectivity index is 2.12. The first-order chi connectivity index (χ1) is 10.3. The van der Waals surface area contributed by atoms with Gasteiger partial charge in [-0.3, -0.25) is 0 Å². The number of aldehydes is 1. The monoisotopic (exact) mass is 282 g/mol. The molecular weight excluding hydrogens is 260 g/mol. The second-order valence-electron chi connectivity index (χ2n) is 5.14. The Morgan fingerprint density at radius 2 is 1.67 bits per heavy atom. The fourth-order valence-corrected chi connectivity index (χ4v) is 2.38. The van der Waals surface area contributed by atoms with Crippen molar-refractivity contribution in [2.45, 2.75) is 32.1 Å². The van der Waals surface area contributed by atoms with Gasteiger partial charge in [-0.2, -0.15) is 0 Å². The molecule has 0 aromatic heterocycles. The van der Waals surface area contributed by atoms with Crippen molar-refractivity contribution in [3.8, 4) is 5.75 Å². The van der Waals surface area contributed by atoms with E-state index in [0.29, 0.717) is 6.42 Å². The van der Waals surface area contributed by atoms with Crippen molar-refractivity contribution >= 4 is 6.29 Å². The van der Waals surface area contributed by atoms with Crippen LogP contribution in [0.4, 0.5) is 0 Å². The molecule has 2 aromatic carbocycles. The van der Waals surface area contributed by atoms with E-state index < -0.39 is 0 Å². The van der Waals surface area contributed by atoms with Gasteiger partial charge in [0.25, 0.3) is 0 Å². The van der Waals surface area contributed by atoms with Crippen LogP contribution in [0.1, 0.15) is 43.2 Å². The number of hydrogen-bond acceptors (Lipinski definition) is 2. The largest absolute Gasteiger partial charge is 0.494 e. The normalized spacial score (nSPS) is 11.9. The zero-order valence-electron chi connectivity index (χ0n) is 12.5. The van der Waals surface area contributed by atoms with Crippen molar-refractivity contribution in [2.75, 3.05) is 6.61 Å². The van der Waals surface area contributed by atoms with Gasteiger partial charge in [-0.05, 0) is 29.7 Å². The molecule has 0 aliphatic rings. The van der Waals surface area contributed by atoms with Crippen molar-refractivity contribution in [1.82, 2.24) is 0 Å². The smallest absolute Gasteiger partial charge is 0.120 e. The Labute approximate surface area is 126 Å². The van der Waals surface area contributed by atoms with Gasteiger partial charge in [0.1, 0.15) is 12.0 Å². The lowest BCUT2D eigenvalue weighted by molar-refractivity contribution is -0.108. The lowest BCUT2D eigenvalue weighted by Crippen LogP contribution is -2.02. The molecular formula is C19H22O2. The number of ether oxygens (including phenoxy) is 1. The Kier molecular flexibility index (Phi) is 6.01. The summed E-state index contributed by atoms with van der Waals surface area (Å²) < 4.78 is 5.68. The number of benzene rings is 2. The summed E-state index contributed by atoms with van der Waals surface area (Å²) >= 11 is 0. The summed E-state index contributed by atoms with van der Waals surface area (Å²) in [5.41, 5.74) is 2.32. The van der Waals surface area contributed by atoms with Crippen LogP contribution in [0, 0.1) is 0 Å². The summed E-state index contributed by atoms with van der Waals surface area (Å²) in [6.45, 7) is 2.91. The quantitative estimate of drug-likeness (QED) is 0.523. The molecule has 0 fully saturated rings. The summed E-state index contributed by atoms with van der Waals surface area (Å²) in [5.74, 6) is 1.01. The van der Waals surface area contributed by atoms with Crippen LogP contribution in [-0.4, -0.2) is 12.9 Å². The fourth-order valence-electron chi connectivity index (χ4n) is 2.38. The highest BCUT2D eigenvalue weighted by Gasteiger charge is 2.13. The van der Waals surface area contributed by atoms with E-state index >= 15 is 0 Å². The van der Waals surface area contributed by atoms with Crippen LogP contribution < -0.4 is 4.74 Å². The predicted molar refractivity (Wildman–Crippen MR) is 85.8 cm³/mol. The Morgan fingerprint density at radius 3 is 2.29 bits per heavy atom. The second kappa shape index (κ2) is 8.25. The first-order valence-corrected chi connectivity index (χ1v) is 7.56. The molecule has 1 atom stereocenters. The van der Waals surface area contributed by atoms with E-state index in [1.165, 1.54) is 5.56 Å². The standard InChI is InChI=1S/C19H22O2/c1-2-3-15-21-18-11-9-17(10-12-18)19(13-14-20)16-7-5-4-6-8-16/h4-12,14,19H,2-3,13,15H2,1H3/t19-/m0/s1. The molecule has 2 rings (SSSR count). The molecule has 2 aromatic rings. The Bertz CT molecular complexity index is 531. The van der Waals surface area contributed by atoms with Gasteiger partial charge in [-0.25, -0.2) is 0 Å². The third-order valence-corrected chi connectivity index (χ3v) is 3.58. The highest BCUT2D eigenvalue weighted by molar-refractivity contribution is 5.54. The number of rotatable bonds is 8. The fraction of sp³-hybridized carbons (Fsp3) is 0.316. The SMILES string of the molecule is CCCCOc1ccc([C@@H](CC=O)c2ccccc2)cc1. The number of carbonyl (C=O) groups excluding carboxylic acids is 1.